The predicted molar refractivity (Wildman–Crippen MR) is 153 cm³/mol. The molecular formula is C32H45NO9. The van der Waals surface area contributed by atoms with Crippen LogP contribution in [0.1, 0.15) is 73.8 Å². The molecule has 42 heavy (non-hydrogen) atoms. The molecular weight excluding hydrogens is 542 g/mol. The van der Waals surface area contributed by atoms with E-state index in [2.05, 4.69) is 0 Å². The van der Waals surface area contributed by atoms with Gasteiger partial charge in [-0.2, -0.15) is 0 Å². The lowest BCUT2D eigenvalue weighted by molar-refractivity contribution is -0.172. The number of cyclic esters (lactones) is 1. The maximum Gasteiger partial charge on any atom is 0.420 e. The number of amides is 2. The molecule has 1 aromatic carbocycles. The van der Waals surface area contributed by atoms with E-state index in [-0.39, 0.29) is 36.9 Å². The van der Waals surface area contributed by atoms with E-state index >= 15 is 0 Å². The molecule has 3 rings (SSSR count). The molecule has 2 aliphatic rings. The van der Waals surface area contributed by atoms with Gasteiger partial charge in [0.15, 0.2) is 5.60 Å². The Labute approximate surface area is 248 Å². The molecule has 2 fully saturated rings. The van der Waals surface area contributed by atoms with Crippen molar-refractivity contribution in [1.82, 2.24) is 4.90 Å². The van der Waals surface area contributed by atoms with E-state index in [0.717, 1.165) is 4.90 Å². The lowest BCUT2D eigenvalue weighted by Crippen LogP contribution is -2.59. The number of hydrogen-bond acceptors (Lipinski definition) is 9. The lowest BCUT2D eigenvalue weighted by Gasteiger charge is -2.42. The zero-order chi connectivity index (χ0) is 31.6. The summed E-state index contributed by atoms with van der Waals surface area (Å²) in [5, 5.41) is 0. The van der Waals surface area contributed by atoms with E-state index < -0.39 is 65.2 Å². The minimum atomic E-state index is -1.60. The highest BCUT2D eigenvalue weighted by molar-refractivity contribution is 6.00. The van der Waals surface area contributed by atoms with E-state index in [1.807, 2.05) is 19.9 Å². The summed E-state index contributed by atoms with van der Waals surface area (Å²) in [6.07, 6.45) is -2.55. The minimum Gasteiger partial charge on any atom is -0.458 e. The first-order chi connectivity index (χ1) is 19.6. The molecule has 0 spiro atoms. The smallest absolute Gasteiger partial charge is 0.420 e. The van der Waals surface area contributed by atoms with Crippen molar-refractivity contribution in [3.8, 4) is 0 Å². The number of fused-ring (bicyclic) bond motifs is 1. The fraction of sp³-hybridized carbons (Fsp3) is 0.656. The second kappa shape index (κ2) is 12.9. The van der Waals surface area contributed by atoms with Gasteiger partial charge in [0.2, 0.25) is 0 Å². The van der Waals surface area contributed by atoms with Crippen molar-refractivity contribution in [1.29, 1.82) is 0 Å². The second-order valence-corrected chi connectivity index (χ2v) is 12.3. The van der Waals surface area contributed by atoms with Crippen LogP contribution in [0.2, 0.25) is 0 Å². The molecule has 9 atom stereocenters. The van der Waals surface area contributed by atoms with Crippen molar-refractivity contribution in [2.45, 2.75) is 98.2 Å². The zero-order valence-electron chi connectivity index (χ0n) is 26.2. The summed E-state index contributed by atoms with van der Waals surface area (Å²) < 4.78 is 23.1. The third-order valence-electron chi connectivity index (χ3n) is 9.57. The number of benzene rings is 1. The summed E-state index contributed by atoms with van der Waals surface area (Å²) in [4.78, 5) is 68.4. The number of rotatable bonds is 4. The summed E-state index contributed by atoms with van der Waals surface area (Å²) in [5.74, 6) is -4.80. The van der Waals surface area contributed by atoms with Gasteiger partial charge >= 0.3 is 18.2 Å². The first kappa shape index (κ1) is 33.2. The zero-order valence-corrected chi connectivity index (χ0v) is 26.2. The topological polar surface area (TPSA) is 126 Å². The van der Waals surface area contributed by atoms with Gasteiger partial charge in [-0.1, -0.05) is 65.0 Å². The van der Waals surface area contributed by atoms with Crippen molar-refractivity contribution in [3.63, 3.8) is 0 Å². The third kappa shape index (κ3) is 6.23. The summed E-state index contributed by atoms with van der Waals surface area (Å²) in [5.41, 5.74) is -1.77. The van der Waals surface area contributed by atoms with Crippen LogP contribution in [-0.2, 0) is 39.9 Å². The Hall–Kier alpha value is -3.27. The second-order valence-electron chi connectivity index (χ2n) is 12.3. The third-order valence-corrected chi connectivity index (χ3v) is 9.57. The molecule has 1 aromatic rings. The minimum absolute atomic E-state index is 0.0975. The first-order valence-corrected chi connectivity index (χ1v) is 14.7. The molecule has 0 unspecified atom stereocenters. The molecule has 0 radical (unpaired) electrons. The van der Waals surface area contributed by atoms with Crippen LogP contribution >= 0.6 is 0 Å². The SMILES string of the molecule is CC[C@H]1OC(=O)[C@H](C)C(=O)[C@H](C)[C@@H](C)[C@](C)(OC)C[C@@H](C)C(=O)[C@H](C)[C@H]2N(C(=O)OCc3ccccc3)C(=O)O[C@]12C. The maximum atomic E-state index is 14.0. The number of imide groups is 1. The Morgan fingerprint density at radius 2 is 1.60 bits per heavy atom. The van der Waals surface area contributed by atoms with Crippen molar-refractivity contribution in [2.24, 2.45) is 29.6 Å². The van der Waals surface area contributed by atoms with Gasteiger partial charge in [0, 0.05) is 24.9 Å². The van der Waals surface area contributed by atoms with E-state index in [4.69, 9.17) is 18.9 Å². The lowest BCUT2D eigenvalue weighted by atomic mass is 9.70. The van der Waals surface area contributed by atoms with Crippen LogP contribution in [0.5, 0.6) is 0 Å². The van der Waals surface area contributed by atoms with Crippen LogP contribution < -0.4 is 0 Å². The largest absolute Gasteiger partial charge is 0.458 e. The van der Waals surface area contributed by atoms with Crippen molar-refractivity contribution >= 4 is 29.7 Å². The maximum absolute atomic E-state index is 14.0. The number of hydrogen-bond donors (Lipinski definition) is 0. The molecule has 2 amide bonds. The number of Topliss-reactive ketones (excluding diaryl/α,β-unsaturated/α-hetero) is 2. The van der Waals surface area contributed by atoms with E-state index in [1.54, 1.807) is 58.9 Å². The number of ether oxygens (including phenoxy) is 4. The average Bonchev–Trinajstić information content (AvgIpc) is 3.26. The van der Waals surface area contributed by atoms with Crippen LogP contribution in [0.4, 0.5) is 9.59 Å². The highest BCUT2D eigenvalue weighted by atomic mass is 16.6. The Morgan fingerprint density at radius 1 is 0.976 bits per heavy atom. The number of ketones is 2. The van der Waals surface area contributed by atoms with Crippen LogP contribution in [0.25, 0.3) is 0 Å². The van der Waals surface area contributed by atoms with Crippen LogP contribution in [-0.4, -0.2) is 65.1 Å². The first-order valence-electron chi connectivity index (χ1n) is 14.7. The Bertz CT molecular complexity index is 1190. The van der Waals surface area contributed by atoms with Gasteiger partial charge in [0.05, 0.1) is 11.6 Å². The van der Waals surface area contributed by atoms with E-state index in [0.29, 0.717) is 5.56 Å². The molecule has 2 saturated heterocycles. The van der Waals surface area contributed by atoms with E-state index in [1.165, 1.54) is 14.0 Å². The molecule has 0 aliphatic carbocycles. The summed E-state index contributed by atoms with van der Waals surface area (Å²) in [6.45, 7) is 13.6. The number of carbonyl (C=O) groups is 5. The number of carbonyl (C=O) groups excluding carboxylic acids is 5. The molecule has 0 aromatic heterocycles. The van der Waals surface area contributed by atoms with Crippen molar-refractivity contribution in [2.75, 3.05) is 7.11 Å². The van der Waals surface area contributed by atoms with Gasteiger partial charge in [-0.25, -0.2) is 14.5 Å². The standard InChI is InChI=1S/C32H45NO9/c1-10-24-32(8)27(33(30(38)42-32)29(37)40-17-23-14-12-11-13-15-23)20(4)25(34)18(2)16-31(7,39-9)22(6)19(3)26(35)21(5)28(36)41-24/h11-15,18-22,24,27H,10,16-17H2,1-9H3/t18-,19-,20+,21-,22-,24-,27-,31-,32-/m1/s1. The molecule has 0 saturated carbocycles. The van der Waals surface area contributed by atoms with Gasteiger partial charge in [-0.05, 0) is 45.1 Å². The molecule has 2 heterocycles. The van der Waals surface area contributed by atoms with Gasteiger partial charge < -0.3 is 18.9 Å². The fourth-order valence-corrected chi connectivity index (χ4v) is 6.52. The van der Waals surface area contributed by atoms with Crippen molar-refractivity contribution in [3.05, 3.63) is 35.9 Å². The number of esters is 1. The molecule has 0 bridgehead atoms. The van der Waals surface area contributed by atoms with Crippen LogP contribution in [0.15, 0.2) is 30.3 Å². The number of methoxy groups -OCH3 is 1. The Balaban J connectivity index is 2.09. The normalized spacial score (nSPS) is 36.5. The van der Waals surface area contributed by atoms with E-state index in [9.17, 15) is 24.0 Å². The van der Waals surface area contributed by atoms with Gasteiger partial charge in [0.25, 0.3) is 0 Å². The summed E-state index contributed by atoms with van der Waals surface area (Å²) in [7, 11) is 1.53. The van der Waals surface area contributed by atoms with Gasteiger partial charge in [-0.15, -0.1) is 0 Å². The average molecular weight is 588 g/mol. The monoisotopic (exact) mass is 587 g/mol. The van der Waals surface area contributed by atoms with Gasteiger partial charge in [0.1, 0.15) is 30.2 Å². The summed E-state index contributed by atoms with van der Waals surface area (Å²) in [6, 6.07) is 7.82. The Kier molecular flexibility index (Phi) is 10.2. The predicted octanol–water partition coefficient (Wildman–Crippen LogP) is 5.35. The van der Waals surface area contributed by atoms with Crippen molar-refractivity contribution < 1.29 is 42.9 Å². The quantitative estimate of drug-likeness (QED) is 0.260. The fourth-order valence-electron chi connectivity index (χ4n) is 6.52. The highest BCUT2D eigenvalue weighted by Gasteiger charge is 2.62. The molecule has 2 aliphatic heterocycles. The molecule has 10 nitrogen and oxygen atoms in total. The van der Waals surface area contributed by atoms with Crippen LogP contribution in [0.3, 0.4) is 0 Å². The Morgan fingerprint density at radius 3 is 2.17 bits per heavy atom. The van der Waals surface area contributed by atoms with Gasteiger partial charge in [-0.3, -0.25) is 14.4 Å². The molecule has 0 N–H and O–H groups in total. The summed E-state index contributed by atoms with van der Waals surface area (Å²) >= 11 is 0. The molecule has 232 valence electrons. The number of nitrogens with zero attached hydrogens (tertiary/aromatic N) is 1. The highest BCUT2D eigenvalue weighted by Crippen LogP contribution is 2.43. The molecule has 10 heteroatoms. The van der Waals surface area contributed by atoms with Crippen LogP contribution in [0, 0.1) is 29.6 Å².